The lowest BCUT2D eigenvalue weighted by molar-refractivity contribution is 0.158. The third kappa shape index (κ3) is 3.53. The molecule has 1 rings (SSSR count). The van der Waals surface area contributed by atoms with Gasteiger partial charge in [-0.1, -0.05) is 12.1 Å². The summed E-state index contributed by atoms with van der Waals surface area (Å²) in [4.78, 5) is 5.02. The standard InChI is InChI=1S/C12H16FNO2/c1-3-12(14-16-4-2)10-5-7-11(8-6-10)15-9-13/h5-8H,3-4,9H2,1-2H3. The van der Waals surface area contributed by atoms with Gasteiger partial charge in [0.2, 0.25) is 6.86 Å². The van der Waals surface area contributed by atoms with E-state index < -0.39 is 6.86 Å². The van der Waals surface area contributed by atoms with Crippen LogP contribution >= 0.6 is 0 Å². The van der Waals surface area contributed by atoms with Crippen LogP contribution in [0.1, 0.15) is 25.8 Å². The number of oxime groups is 1. The van der Waals surface area contributed by atoms with Crippen molar-refractivity contribution in [3.05, 3.63) is 29.8 Å². The van der Waals surface area contributed by atoms with Gasteiger partial charge in [-0.05, 0) is 43.2 Å². The van der Waals surface area contributed by atoms with Gasteiger partial charge >= 0.3 is 0 Å². The van der Waals surface area contributed by atoms with Crippen LogP contribution in [0, 0.1) is 0 Å². The Bertz CT molecular complexity index is 335. The minimum Gasteiger partial charge on any atom is -0.463 e. The van der Waals surface area contributed by atoms with Crippen LogP contribution in [0.4, 0.5) is 4.39 Å². The minimum atomic E-state index is -0.812. The molecular formula is C12H16FNO2. The number of alkyl halides is 1. The van der Waals surface area contributed by atoms with Crippen LogP contribution < -0.4 is 4.74 Å². The van der Waals surface area contributed by atoms with Crippen molar-refractivity contribution in [2.75, 3.05) is 13.5 Å². The summed E-state index contributed by atoms with van der Waals surface area (Å²) in [6.45, 7) is 3.62. The van der Waals surface area contributed by atoms with Gasteiger partial charge in [0.1, 0.15) is 12.4 Å². The second kappa shape index (κ2) is 6.82. The van der Waals surface area contributed by atoms with Gasteiger partial charge in [0.25, 0.3) is 0 Å². The Morgan fingerprint density at radius 1 is 1.25 bits per heavy atom. The molecule has 1 aromatic rings. The van der Waals surface area contributed by atoms with Crippen molar-refractivity contribution in [2.24, 2.45) is 5.16 Å². The molecule has 0 amide bonds. The second-order valence-electron chi connectivity index (χ2n) is 3.09. The number of halogens is 1. The van der Waals surface area contributed by atoms with Crippen LogP contribution in [0.3, 0.4) is 0 Å². The summed E-state index contributed by atoms with van der Waals surface area (Å²) in [6, 6.07) is 7.11. The van der Waals surface area contributed by atoms with Crippen molar-refractivity contribution in [1.29, 1.82) is 0 Å². The number of hydrogen-bond acceptors (Lipinski definition) is 3. The van der Waals surface area contributed by atoms with Gasteiger partial charge in [-0.15, -0.1) is 0 Å². The molecule has 0 fully saturated rings. The quantitative estimate of drug-likeness (QED) is 0.550. The van der Waals surface area contributed by atoms with Crippen molar-refractivity contribution < 1.29 is 14.0 Å². The molecule has 3 nitrogen and oxygen atoms in total. The van der Waals surface area contributed by atoms with Gasteiger partial charge in [0.05, 0.1) is 5.71 Å². The third-order valence-electron chi connectivity index (χ3n) is 2.05. The average Bonchev–Trinajstić information content (AvgIpc) is 2.32. The summed E-state index contributed by atoms with van der Waals surface area (Å²) < 4.78 is 16.6. The maximum Gasteiger partial charge on any atom is 0.228 e. The highest BCUT2D eigenvalue weighted by Crippen LogP contribution is 2.14. The summed E-state index contributed by atoms with van der Waals surface area (Å²) in [5.41, 5.74) is 1.83. The average molecular weight is 225 g/mol. The van der Waals surface area contributed by atoms with Gasteiger partial charge < -0.3 is 9.57 Å². The Labute approximate surface area is 94.9 Å². The van der Waals surface area contributed by atoms with Gasteiger partial charge in [0.15, 0.2) is 0 Å². The molecule has 88 valence electrons. The van der Waals surface area contributed by atoms with Crippen LogP contribution in [0.2, 0.25) is 0 Å². The lowest BCUT2D eigenvalue weighted by atomic mass is 10.1. The molecule has 16 heavy (non-hydrogen) atoms. The molecule has 0 spiro atoms. The first-order chi connectivity index (χ1) is 7.81. The van der Waals surface area contributed by atoms with Crippen LogP contribution in [-0.4, -0.2) is 19.2 Å². The smallest absolute Gasteiger partial charge is 0.228 e. The first-order valence-corrected chi connectivity index (χ1v) is 5.29. The Balaban J connectivity index is 2.78. The van der Waals surface area contributed by atoms with E-state index >= 15 is 0 Å². The maximum atomic E-state index is 11.9. The fourth-order valence-corrected chi connectivity index (χ4v) is 1.27. The molecule has 0 aliphatic carbocycles. The highest BCUT2D eigenvalue weighted by Gasteiger charge is 2.02. The van der Waals surface area contributed by atoms with Gasteiger partial charge in [0, 0.05) is 0 Å². The highest BCUT2D eigenvalue weighted by molar-refractivity contribution is 6.00. The Morgan fingerprint density at radius 3 is 2.44 bits per heavy atom. The van der Waals surface area contributed by atoms with Crippen LogP contribution in [0.25, 0.3) is 0 Å². The summed E-state index contributed by atoms with van der Waals surface area (Å²) in [5.74, 6) is 0.512. The molecule has 4 heteroatoms. The fourth-order valence-electron chi connectivity index (χ4n) is 1.27. The molecule has 0 aliphatic heterocycles. The summed E-state index contributed by atoms with van der Waals surface area (Å²) in [5, 5.41) is 4.01. The zero-order valence-electron chi connectivity index (χ0n) is 9.57. The third-order valence-corrected chi connectivity index (χ3v) is 2.05. The predicted molar refractivity (Wildman–Crippen MR) is 61.5 cm³/mol. The predicted octanol–water partition coefficient (Wildman–Crippen LogP) is 3.14. The van der Waals surface area contributed by atoms with Crippen molar-refractivity contribution in [3.63, 3.8) is 0 Å². The zero-order valence-corrected chi connectivity index (χ0v) is 9.57. The molecular weight excluding hydrogens is 209 g/mol. The van der Waals surface area contributed by atoms with Crippen molar-refractivity contribution >= 4 is 5.71 Å². The molecule has 0 atom stereocenters. The lowest BCUT2D eigenvalue weighted by Crippen LogP contribution is -2.00. The number of benzene rings is 1. The molecule has 0 saturated carbocycles. The van der Waals surface area contributed by atoms with E-state index in [9.17, 15) is 4.39 Å². The number of nitrogens with zero attached hydrogens (tertiary/aromatic N) is 1. The molecule has 0 heterocycles. The van der Waals surface area contributed by atoms with E-state index in [-0.39, 0.29) is 0 Å². The lowest BCUT2D eigenvalue weighted by Gasteiger charge is -2.05. The van der Waals surface area contributed by atoms with Crippen molar-refractivity contribution in [1.82, 2.24) is 0 Å². The molecule has 0 unspecified atom stereocenters. The first-order valence-electron chi connectivity index (χ1n) is 5.29. The molecule has 0 aliphatic rings. The van der Waals surface area contributed by atoms with E-state index in [1.807, 2.05) is 26.0 Å². The molecule has 0 aromatic heterocycles. The second-order valence-corrected chi connectivity index (χ2v) is 3.09. The summed E-state index contributed by atoms with van der Waals surface area (Å²) in [6.07, 6.45) is 0.781. The minimum absolute atomic E-state index is 0.512. The topological polar surface area (TPSA) is 30.8 Å². The zero-order chi connectivity index (χ0) is 11.8. The van der Waals surface area contributed by atoms with Crippen molar-refractivity contribution in [2.45, 2.75) is 20.3 Å². The monoisotopic (exact) mass is 225 g/mol. The molecule has 0 bridgehead atoms. The van der Waals surface area contributed by atoms with Crippen LogP contribution in [0.15, 0.2) is 29.4 Å². The Hall–Kier alpha value is -1.58. The highest BCUT2D eigenvalue weighted by atomic mass is 19.1. The van der Waals surface area contributed by atoms with Crippen LogP contribution in [-0.2, 0) is 4.84 Å². The first kappa shape index (κ1) is 12.5. The van der Waals surface area contributed by atoms with E-state index in [2.05, 4.69) is 5.16 Å². The van der Waals surface area contributed by atoms with E-state index in [1.165, 1.54) is 0 Å². The molecule has 0 saturated heterocycles. The van der Waals surface area contributed by atoms with Gasteiger partial charge in [-0.2, -0.15) is 0 Å². The van der Waals surface area contributed by atoms with E-state index in [0.29, 0.717) is 12.4 Å². The van der Waals surface area contributed by atoms with Crippen LogP contribution in [0.5, 0.6) is 5.75 Å². The number of rotatable bonds is 6. The molecule has 1 aromatic carbocycles. The normalized spacial score (nSPS) is 11.3. The summed E-state index contributed by atoms with van der Waals surface area (Å²) in [7, 11) is 0. The molecule has 0 radical (unpaired) electrons. The van der Waals surface area contributed by atoms with E-state index in [1.54, 1.807) is 12.1 Å². The van der Waals surface area contributed by atoms with E-state index in [4.69, 9.17) is 9.57 Å². The van der Waals surface area contributed by atoms with Gasteiger partial charge in [-0.25, -0.2) is 4.39 Å². The SMILES string of the molecule is CCON=C(CC)c1ccc(OCF)cc1. The largest absolute Gasteiger partial charge is 0.463 e. The van der Waals surface area contributed by atoms with E-state index in [0.717, 1.165) is 17.7 Å². The fraction of sp³-hybridized carbons (Fsp3) is 0.417. The number of hydrogen-bond donors (Lipinski definition) is 0. The maximum absolute atomic E-state index is 11.9. The molecule has 0 N–H and O–H groups in total. The summed E-state index contributed by atoms with van der Waals surface area (Å²) >= 11 is 0. The Kier molecular flexibility index (Phi) is 5.32. The van der Waals surface area contributed by atoms with Crippen molar-refractivity contribution in [3.8, 4) is 5.75 Å². The Morgan fingerprint density at radius 2 is 1.94 bits per heavy atom. The van der Waals surface area contributed by atoms with Gasteiger partial charge in [-0.3, -0.25) is 0 Å². The number of ether oxygens (including phenoxy) is 1.